The molecular weight excluding hydrogens is 178 g/mol. The molecule has 0 unspecified atom stereocenters. The number of nitrogens with zero attached hydrogens (tertiary/aromatic N) is 2. The predicted molar refractivity (Wildman–Crippen MR) is 52.9 cm³/mol. The molecule has 0 saturated carbocycles. The molecule has 0 aliphatic carbocycles. The van der Waals surface area contributed by atoms with Crippen molar-refractivity contribution in [2.24, 2.45) is 5.73 Å². The Morgan fingerprint density at radius 3 is 2.79 bits per heavy atom. The molecule has 1 amide bonds. The van der Waals surface area contributed by atoms with Gasteiger partial charge >= 0.3 is 0 Å². The summed E-state index contributed by atoms with van der Waals surface area (Å²) in [6.07, 6.45) is 1.61. The van der Waals surface area contributed by atoms with Gasteiger partial charge in [-0.3, -0.25) is 9.78 Å². The number of amides is 1. The molecule has 4 heteroatoms. The van der Waals surface area contributed by atoms with Crippen molar-refractivity contribution in [2.45, 2.75) is 13.0 Å². The standard InChI is InChI=1S/C10H13N3O/c1-7-2-3-8(4-12-7)10(14)13-5-9(11)6-13/h2-4,9H,5-6,11H2,1H3. The van der Waals surface area contributed by atoms with Crippen LogP contribution in [-0.4, -0.2) is 34.9 Å². The van der Waals surface area contributed by atoms with Crippen LogP contribution in [0.3, 0.4) is 0 Å². The van der Waals surface area contributed by atoms with Gasteiger partial charge in [0.1, 0.15) is 0 Å². The fraction of sp³-hybridized carbons (Fsp3) is 0.400. The highest BCUT2D eigenvalue weighted by molar-refractivity contribution is 5.94. The quantitative estimate of drug-likeness (QED) is 0.688. The first-order valence-corrected chi connectivity index (χ1v) is 4.64. The largest absolute Gasteiger partial charge is 0.335 e. The lowest BCUT2D eigenvalue weighted by Crippen LogP contribution is -2.57. The van der Waals surface area contributed by atoms with Gasteiger partial charge in [0.2, 0.25) is 0 Å². The first-order chi connectivity index (χ1) is 6.66. The normalized spacial score (nSPS) is 16.6. The third kappa shape index (κ3) is 1.61. The molecule has 0 aromatic carbocycles. The van der Waals surface area contributed by atoms with Crippen LogP contribution in [0.15, 0.2) is 18.3 Å². The number of rotatable bonds is 1. The van der Waals surface area contributed by atoms with E-state index in [2.05, 4.69) is 4.98 Å². The Balaban J connectivity index is 2.08. The molecule has 1 fully saturated rings. The van der Waals surface area contributed by atoms with Crippen molar-refractivity contribution in [3.8, 4) is 0 Å². The Bertz CT molecular complexity index is 341. The minimum atomic E-state index is 0.0270. The number of carbonyl (C=O) groups is 1. The average Bonchev–Trinajstić information content (AvgIpc) is 2.13. The maximum absolute atomic E-state index is 11.7. The second kappa shape index (κ2) is 3.38. The number of nitrogens with two attached hydrogens (primary N) is 1. The zero-order valence-electron chi connectivity index (χ0n) is 8.10. The summed E-state index contributed by atoms with van der Waals surface area (Å²) in [6, 6.07) is 3.79. The molecule has 1 aromatic heterocycles. The van der Waals surface area contributed by atoms with Gasteiger partial charge in [-0.2, -0.15) is 0 Å². The van der Waals surface area contributed by atoms with Gasteiger partial charge < -0.3 is 10.6 Å². The van der Waals surface area contributed by atoms with Crippen LogP contribution in [-0.2, 0) is 0 Å². The smallest absolute Gasteiger partial charge is 0.255 e. The molecule has 1 aliphatic rings. The summed E-state index contributed by atoms with van der Waals surface area (Å²) in [5.41, 5.74) is 7.16. The molecule has 0 atom stereocenters. The van der Waals surface area contributed by atoms with E-state index in [-0.39, 0.29) is 11.9 Å². The Kier molecular flexibility index (Phi) is 2.21. The monoisotopic (exact) mass is 191 g/mol. The molecule has 2 N–H and O–H groups in total. The van der Waals surface area contributed by atoms with Gasteiger partial charge in [-0.15, -0.1) is 0 Å². The van der Waals surface area contributed by atoms with Crippen LogP contribution < -0.4 is 5.73 Å². The summed E-state index contributed by atoms with van der Waals surface area (Å²) in [5, 5.41) is 0. The van der Waals surface area contributed by atoms with Crippen molar-refractivity contribution in [2.75, 3.05) is 13.1 Å². The van der Waals surface area contributed by atoms with Crippen LogP contribution in [0.4, 0.5) is 0 Å². The van der Waals surface area contributed by atoms with E-state index in [0.717, 1.165) is 5.69 Å². The Morgan fingerprint density at radius 1 is 1.57 bits per heavy atom. The van der Waals surface area contributed by atoms with Crippen LogP contribution in [0.2, 0.25) is 0 Å². The zero-order chi connectivity index (χ0) is 10.1. The van der Waals surface area contributed by atoms with Gasteiger partial charge in [0.25, 0.3) is 5.91 Å². The van der Waals surface area contributed by atoms with Crippen molar-refractivity contribution >= 4 is 5.91 Å². The third-order valence-corrected chi connectivity index (χ3v) is 2.36. The zero-order valence-corrected chi connectivity index (χ0v) is 8.10. The van der Waals surface area contributed by atoms with Crippen molar-refractivity contribution in [1.82, 2.24) is 9.88 Å². The molecule has 1 aromatic rings. The Morgan fingerprint density at radius 2 is 2.29 bits per heavy atom. The number of hydrogen-bond donors (Lipinski definition) is 1. The third-order valence-electron chi connectivity index (χ3n) is 2.36. The fourth-order valence-electron chi connectivity index (χ4n) is 1.46. The molecule has 0 spiro atoms. The van der Waals surface area contributed by atoms with Gasteiger partial charge in [-0.05, 0) is 19.1 Å². The number of pyridine rings is 1. The second-order valence-electron chi connectivity index (χ2n) is 3.66. The molecular formula is C10H13N3O. The second-order valence-corrected chi connectivity index (χ2v) is 3.66. The topological polar surface area (TPSA) is 59.2 Å². The number of hydrogen-bond acceptors (Lipinski definition) is 3. The lowest BCUT2D eigenvalue weighted by atomic mass is 10.1. The first-order valence-electron chi connectivity index (χ1n) is 4.64. The Hall–Kier alpha value is -1.42. The number of aryl methyl sites for hydroxylation is 1. The van der Waals surface area contributed by atoms with Gasteiger partial charge in [0, 0.05) is 31.0 Å². The molecule has 1 aliphatic heterocycles. The maximum atomic E-state index is 11.7. The summed E-state index contributed by atoms with van der Waals surface area (Å²) >= 11 is 0. The SMILES string of the molecule is Cc1ccc(C(=O)N2CC(N)C2)cn1. The van der Waals surface area contributed by atoms with Crippen molar-refractivity contribution < 1.29 is 4.79 Å². The number of aromatic nitrogens is 1. The molecule has 14 heavy (non-hydrogen) atoms. The first kappa shape index (κ1) is 9.15. The molecule has 2 rings (SSSR count). The summed E-state index contributed by atoms with van der Waals surface area (Å²) in [4.78, 5) is 17.5. The highest BCUT2D eigenvalue weighted by atomic mass is 16.2. The van der Waals surface area contributed by atoms with E-state index in [4.69, 9.17) is 5.73 Å². The van der Waals surface area contributed by atoms with Crippen LogP contribution in [0.25, 0.3) is 0 Å². The summed E-state index contributed by atoms with van der Waals surface area (Å²) in [5.74, 6) is 0.0270. The lowest BCUT2D eigenvalue weighted by molar-refractivity contribution is 0.0607. The minimum absolute atomic E-state index is 0.0270. The summed E-state index contributed by atoms with van der Waals surface area (Å²) < 4.78 is 0. The van der Waals surface area contributed by atoms with E-state index in [1.54, 1.807) is 17.2 Å². The molecule has 0 bridgehead atoms. The Labute approximate surface area is 82.7 Å². The van der Waals surface area contributed by atoms with Crippen LogP contribution in [0.1, 0.15) is 16.1 Å². The van der Waals surface area contributed by atoms with Crippen molar-refractivity contribution in [3.05, 3.63) is 29.6 Å². The molecule has 74 valence electrons. The van der Waals surface area contributed by atoms with Gasteiger partial charge in [0.15, 0.2) is 0 Å². The number of likely N-dealkylation sites (tertiary alicyclic amines) is 1. The van der Waals surface area contributed by atoms with E-state index in [9.17, 15) is 4.79 Å². The minimum Gasteiger partial charge on any atom is -0.335 e. The van der Waals surface area contributed by atoms with Crippen LogP contribution in [0, 0.1) is 6.92 Å². The predicted octanol–water partition coefficient (Wildman–Crippen LogP) is 0.173. The molecule has 2 heterocycles. The van der Waals surface area contributed by atoms with E-state index < -0.39 is 0 Å². The van der Waals surface area contributed by atoms with Crippen LogP contribution in [0.5, 0.6) is 0 Å². The molecule has 0 radical (unpaired) electrons. The molecule has 1 saturated heterocycles. The average molecular weight is 191 g/mol. The van der Waals surface area contributed by atoms with Crippen molar-refractivity contribution in [3.63, 3.8) is 0 Å². The van der Waals surface area contributed by atoms with E-state index >= 15 is 0 Å². The fourth-order valence-corrected chi connectivity index (χ4v) is 1.46. The maximum Gasteiger partial charge on any atom is 0.255 e. The summed E-state index contributed by atoms with van der Waals surface area (Å²) in [6.45, 7) is 3.22. The molecule has 4 nitrogen and oxygen atoms in total. The summed E-state index contributed by atoms with van der Waals surface area (Å²) in [7, 11) is 0. The van der Waals surface area contributed by atoms with Crippen LogP contribution >= 0.6 is 0 Å². The van der Waals surface area contributed by atoms with E-state index in [1.807, 2.05) is 13.0 Å². The highest BCUT2D eigenvalue weighted by Crippen LogP contribution is 2.11. The number of carbonyl (C=O) groups excluding carboxylic acids is 1. The van der Waals surface area contributed by atoms with Gasteiger partial charge in [-0.25, -0.2) is 0 Å². The van der Waals surface area contributed by atoms with Gasteiger partial charge in [0.05, 0.1) is 5.56 Å². The van der Waals surface area contributed by atoms with Crippen molar-refractivity contribution in [1.29, 1.82) is 0 Å². The van der Waals surface area contributed by atoms with E-state index in [1.165, 1.54) is 0 Å². The van der Waals surface area contributed by atoms with Gasteiger partial charge in [-0.1, -0.05) is 0 Å². The lowest BCUT2D eigenvalue weighted by Gasteiger charge is -2.36. The highest BCUT2D eigenvalue weighted by Gasteiger charge is 2.28. The van der Waals surface area contributed by atoms with E-state index in [0.29, 0.717) is 18.7 Å².